The lowest BCUT2D eigenvalue weighted by Gasteiger charge is -2.14. The van der Waals surface area contributed by atoms with Crippen LogP contribution in [0.15, 0.2) is 30.3 Å². The van der Waals surface area contributed by atoms with E-state index in [2.05, 4.69) is 10.6 Å². The molecule has 1 heterocycles. The van der Waals surface area contributed by atoms with Crippen molar-refractivity contribution in [1.82, 2.24) is 5.32 Å². The van der Waals surface area contributed by atoms with Crippen molar-refractivity contribution < 1.29 is 19.5 Å². The number of hydrogen-bond acceptors (Lipinski definition) is 4. The van der Waals surface area contributed by atoms with Crippen molar-refractivity contribution in [3.05, 3.63) is 51.9 Å². The van der Waals surface area contributed by atoms with Gasteiger partial charge in [-0.25, -0.2) is 0 Å². The van der Waals surface area contributed by atoms with Crippen LogP contribution >= 0.6 is 11.3 Å². The van der Waals surface area contributed by atoms with Gasteiger partial charge in [0, 0.05) is 24.3 Å². The van der Waals surface area contributed by atoms with E-state index in [0.717, 1.165) is 41.7 Å². The van der Waals surface area contributed by atoms with Gasteiger partial charge in [0.1, 0.15) is 5.00 Å². The number of carboxylic acid groups (broad SMARTS) is 1. The van der Waals surface area contributed by atoms with Gasteiger partial charge < -0.3 is 15.7 Å². The molecule has 3 N–H and O–H groups in total. The highest BCUT2D eigenvalue weighted by Crippen LogP contribution is 2.38. The minimum Gasteiger partial charge on any atom is -0.481 e. The van der Waals surface area contributed by atoms with E-state index in [1.807, 2.05) is 30.3 Å². The molecule has 1 aromatic carbocycles. The van der Waals surface area contributed by atoms with E-state index in [1.54, 1.807) is 6.92 Å². The first-order valence-corrected chi connectivity index (χ1v) is 10.7. The average Bonchev–Trinajstić information content (AvgIpc) is 3.03. The molecule has 2 aromatic rings. The van der Waals surface area contributed by atoms with Crippen LogP contribution in [0.5, 0.6) is 0 Å². The van der Waals surface area contributed by atoms with Crippen molar-refractivity contribution >= 4 is 34.1 Å². The highest BCUT2D eigenvalue weighted by molar-refractivity contribution is 7.17. The fourth-order valence-electron chi connectivity index (χ4n) is 3.63. The van der Waals surface area contributed by atoms with Gasteiger partial charge in [-0.2, -0.15) is 0 Å². The summed E-state index contributed by atoms with van der Waals surface area (Å²) in [7, 11) is 0. The van der Waals surface area contributed by atoms with Crippen molar-refractivity contribution in [1.29, 1.82) is 0 Å². The second-order valence-electron chi connectivity index (χ2n) is 7.54. The number of thiophene rings is 1. The topological polar surface area (TPSA) is 95.5 Å². The molecule has 3 rings (SSSR count). The smallest absolute Gasteiger partial charge is 0.303 e. The molecule has 154 valence electrons. The quantitative estimate of drug-likeness (QED) is 0.608. The molecular formula is C22H26N2O4S. The SMILES string of the molecule is CC(CC(=O)O)CC(=O)Nc1sc2c(c1C(=O)NCc1ccccc1)CCCC2. The van der Waals surface area contributed by atoms with Crippen LogP contribution in [0.1, 0.15) is 59.0 Å². The molecule has 0 saturated carbocycles. The number of carboxylic acids is 1. The molecule has 29 heavy (non-hydrogen) atoms. The molecule has 2 amide bonds. The van der Waals surface area contributed by atoms with Crippen molar-refractivity contribution in [3.63, 3.8) is 0 Å². The molecule has 1 aliphatic rings. The van der Waals surface area contributed by atoms with Crippen LogP contribution in [0.3, 0.4) is 0 Å². The van der Waals surface area contributed by atoms with Crippen molar-refractivity contribution in [2.45, 2.75) is 52.0 Å². The fraction of sp³-hybridized carbons (Fsp3) is 0.409. The number of hydrogen-bond donors (Lipinski definition) is 3. The molecule has 0 radical (unpaired) electrons. The van der Waals surface area contributed by atoms with Crippen LogP contribution in [0, 0.1) is 5.92 Å². The summed E-state index contributed by atoms with van der Waals surface area (Å²) in [6, 6.07) is 9.70. The van der Waals surface area contributed by atoms with Crippen LogP contribution in [0.2, 0.25) is 0 Å². The van der Waals surface area contributed by atoms with Gasteiger partial charge in [-0.15, -0.1) is 11.3 Å². The minimum absolute atomic E-state index is 0.0568. The van der Waals surface area contributed by atoms with Crippen LogP contribution < -0.4 is 10.6 Å². The molecular weight excluding hydrogens is 388 g/mol. The maximum atomic E-state index is 13.0. The van der Waals surface area contributed by atoms with Gasteiger partial charge in [0.05, 0.1) is 5.56 Å². The van der Waals surface area contributed by atoms with Gasteiger partial charge in [-0.3, -0.25) is 14.4 Å². The lowest BCUT2D eigenvalue weighted by Crippen LogP contribution is -2.25. The zero-order valence-corrected chi connectivity index (χ0v) is 17.3. The molecule has 1 atom stereocenters. The van der Waals surface area contributed by atoms with Crippen molar-refractivity contribution in [2.24, 2.45) is 5.92 Å². The molecule has 1 aliphatic carbocycles. The van der Waals surface area contributed by atoms with E-state index >= 15 is 0 Å². The van der Waals surface area contributed by atoms with Crippen LogP contribution in [-0.4, -0.2) is 22.9 Å². The summed E-state index contributed by atoms with van der Waals surface area (Å²) >= 11 is 1.47. The number of carbonyl (C=O) groups is 3. The zero-order chi connectivity index (χ0) is 20.8. The van der Waals surface area contributed by atoms with Gasteiger partial charge in [-0.05, 0) is 42.7 Å². The number of amides is 2. The molecule has 0 aliphatic heterocycles. The predicted molar refractivity (Wildman–Crippen MR) is 113 cm³/mol. The second kappa shape index (κ2) is 9.69. The maximum absolute atomic E-state index is 13.0. The van der Waals surface area contributed by atoms with Crippen molar-refractivity contribution in [2.75, 3.05) is 5.32 Å². The Hall–Kier alpha value is -2.67. The van der Waals surface area contributed by atoms with Crippen LogP contribution in [0.25, 0.3) is 0 Å². The van der Waals surface area contributed by atoms with Gasteiger partial charge in [0.15, 0.2) is 0 Å². The third-order valence-electron chi connectivity index (χ3n) is 5.00. The number of aryl methyl sites for hydroxylation is 1. The van der Waals surface area contributed by atoms with Crippen LogP contribution in [-0.2, 0) is 29.0 Å². The summed E-state index contributed by atoms with van der Waals surface area (Å²) in [6.07, 6.45) is 3.93. The van der Waals surface area contributed by atoms with Crippen molar-refractivity contribution in [3.8, 4) is 0 Å². The Morgan fingerprint density at radius 3 is 2.55 bits per heavy atom. The normalized spacial score (nSPS) is 14.0. The second-order valence-corrected chi connectivity index (χ2v) is 8.64. The largest absolute Gasteiger partial charge is 0.481 e. The maximum Gasteiger partial charge on any atom is 0.303 e. The van der Waals surface area contributed by atoms with E-state index in [-0.39, 0.29) is 30.6 Å². The molecule has 0 saturated heterocycles. The predicted octanol–water partition coefficient (Wildman–Crippen LogP) is 4.00. The third kappa shape index (κ3) is 5.67. The first-order chi connectivity index (χ1) is 13.9. The zero-order valence-electron chi connectivity index (χ0n) is 16.5. The first-order valence-electron chi connectivity index (χ1n) is 9.92. The van der Waals surface area contributed by atoms with E-state index in [9.17, 15) is 14.4 Å². The number of carbonyl (C=O) groups excluding carboxylic acids is 2. The third-order valence-corrected chi connectivity index (χ3v) is 6.21. The van der Waals surface area contributed by atoms with E-state index in [4.69, 9.17) is 5.11 Å². The molecule has 6 nitrogen and oxygen atoms in total. The Morgan fingerprint density at radius 2 is 1.83 bits per heavy atom. The highest BCUT2D eigenvalue weighted by atomic mass is 32.1. The Kier molecular flexibility index (Phi) is 7.04. The molecule has 1 unspecified atom stereocenters. The van der Waals surface area contributed by atoms with Gasteiger partial charge in [0.25, 0.3) is 5.91 Å². The summed E-state index contributed by atoms with van der Waals surface area (Å²) in [4.78, 5) is 37.4. The molecule has 7 heteroatoms. The highest BCUT2D eigenvalue weighted by Gasteiger charge is 2.26. The summed E-state index contributed by atoms with van der Waals surface area (Å²) in [6.45, 7) is 2.16. The average molecular weight is 415 g/mol. The number of aliphatic carboxylic acids is 1. The number of anilines is 1. The lowest BCUT2D eigenvalue weighted by molar-refractivity contribution is -0.138. The number of rotatable bonds is 8. The molecule has 0 fully saturated rings. The minimum atomic E-state index is -0.919. The monoisotopic (exact) mass is 414 g/mol. The molecule has 0 spiro atoms. The van der Waals surface area contributed by atoms with Gasteiger partial charge in [-0.1, -0.05) is 37.3 Å². The first kappa shape index (κ1) is 21.0. The number of fused-ring (bicyclic) bond motifs is 1. The number of nitrogens with one attached hydrogen (secondary N) is 2. The Bertz CT molecular complexity index is 892. The Balaban J connectivity index is 1.74. The van der Waals surface area contributed by atoms with Crippen LogP contribution in [0.4, 0.5) is 5.00 Å². The van der Waals surface area contributed by atoms with Gasteiger partial charge >= 0.3 is 5.97 Å². The summed E-state index contributed by atoms with van der Waals surface area (Å²) in [5.74, 6) is -1.62. The number of benzene rings is 1. The molecule has 0 bridgehead atoms. The Labute approximate surface area is 174 Å². The standard InChI is InChI=1S/C22H26N2O4S/c1-14(12-19(26)27)11-18(25)24-22-20(16-9-5-6-10-17(16)29-22)21(28)23-13-15-7-3-2-4-8-15/h2-4,7-8,14H,5-6,9-13H2,1H3,(H,23,28)(H,24,25)(H,26,27). The fourth-order valence-corrected chi connectivity index (χ4v) is 4.93. The lowest BCUT2D eigenvalue weighted by atomic mass is 9.95. The molecule has 1 aromatic heterocycles. The van der Waals surface area contributed by atoms with E-state index < -0.39 is 5.97 Å². The van der Waals surface area contributed by atoms with E-state index in [1.165, 1.54) is 11.3 Å². The van der Waals surface area contributed by atoms with E-state index in [0.29, 0.717) is 17.1 Å². The summed E-state index contributed by atoms with van der Waals surface area (Å²) in [5, 5.41) is 15.3. The Morgan fingerprint density at radius 1 is 1.10 bits per heavy atom. The summed E-state index contributed by atoms with van der Waals surface area (Å²) < 4.78 is 0. The van der Waals surface area contributed by atoms with Gasteiger partial charge in [0.2, 0.25) is 5.91 Å². The summed E-state index contributed by atoms with van der Waals surface area (Å²) in [5.41, 5.74) is 2.62.